The zero-order valence-corrected chi connectivity index (χ0v) is 9.98. The van der Waals surface area contributed by atoms with Gasteiger partial charge in [-0.05, 0) is 0 Å². The molecule has 0 aliphatic carbocycles. The first-order chi connectivity index (χ1) is 9.13. The number of carbonyl (C=O) groups is 5. The number of carbonyl (C=O) groups excluding carboxylic acids is 3. The maximum absolute atomic E-state index is 11.0. The van der Waals surface area contributed by atoms with Gasteiger partial charge in [-0.3, -0.25) is 19.2 Å². The first-order valence-corrected chi connectivity index (χ1v) is 5.05. The summed E-state index contributed by atoms with van der Waals surface area (Å²) < 4.78 is 7.86. The fourth-order valence-corrected chi connectivity index (χ4v) is 0.824. The van der Waals surface area contributed by atoms with Crippen molar-refractivity contribution in [1.29, 1.82) is 0 Å². The molecule has 0 bridgehead atoms. The number of hydrogen-bond donors (Lipinski definition) is 4. The average Bonchev–Trinajstić information content (AvgIpc) is 2.27. The van der Waals surface area contributed by atoms with Crippen LogP contribution in [-0.2, 0) is 28.7 Å². The summed E-state index contributed by atoms with van der Waals surface area (Å²) >= 11 is 0. The maximum atomic E-state index is 11.0. The van der Waals surface area contributed by atoms with Gasteiger partial charge in [0.2, 0.25) is 0 Å². The van der Waals surface area contributed by atoms with E-state index < -0.39 is 55.0 Å². The van der Waals surface area contributed by atoms with E-state index in [1.54, 1.807) is 0 Å². The van der Waals surface area contributed by atoms with Crippen molar-refractivity contribution >= 4 is 106 Å². The van der Waals surface area contributed by atoms with E-state index in [-0.39, 0.29) is 75.5 Å². The fourth-order valence-electron chi connectivity index (χ4n) is 0.824. The van der Waals surface area contributed by atoms with E-state index >= 15 is 0 Å². The van der Waals surface area contributed by atoms with Crippen molar-refractivity contribution in [3.8, 4) is 0 Å². The molecule has 0 aromatic rings. The number of aliphatic carboxylic acids is 2. The summed E-state index contributed by atoms with van der Waals surface area (Å²) in [4.78, 5) is 53.5. The molecule has 0 aliphatic heterocycles. The SMILES string of the molecule is N[C@@H](CC(=O)OC(=O)OC(=O)C[C@H](N)C(=O)O)C(=O)O.[CaH2].[CaH2]. The number of carboxylic acids is 2. The molecule has 0 heterocycles. The van der Waals surface area contributed by atoms with Crippen LogP contribution < -0.4 is 11.5 Å². The van der Waals surface area contributed by atoms with Crippen LogP contribution in [0.3, 0.4) is 0 Å². The van der Waals surface area contributed by atoms with E-state index in [0.29, 0.717) is 0 Å². The zero-order chi connectivity index (χ0) is 15.9. The standard InChI is InChI=1S/C9H12N2O9.2Ca.4H/c10-3(7(14)15)1-5(12)19-9(18)20-6(13)2-4(11)8(16)17;;;;;;/h3-4H,1-2,10-11H2,(H,14,15)(H,16,17);;;;;;/t3-,4-;;;;;;/m0....../s1. The van der Waals surface area contributed by atoms with Gasteiger partial charge < -0.3 is 31.2 Å². The summed E-state index contributed by atoms with van der Waals surface area (Å²) in [6.45, 7) is 0. The van der Waals surface area contributed by atoms with Crippen molar-refractivity contribution in [3.05, 3.63) is 0 Å². The topological polar surface area (TPSA) is 196 Å². The van der Waals surface area contributed by atoms with Gasteiger partial charge in [0.1, 0.15) is 12.1 Å². The van der Waals surface area contributed by atoms with Crippen molar-refractivity contribution in [3.63, 3.8) is 0 Å². The monoisotopic (exact) mass is 376 g/mol. The molecule has 0 unspecified atom stereocenters. The Labute approximate surface area is 183 Å². The molecule has 0 aromatic heterocycles. The second-order valence-electron chi connectivity index (χ2n) is 3.50. The van der Waals surface area contributed by atoms with Gasteiger partial charge in [0.25, 0.3) is 0 Å². The second-order valence-corrected chi connectivity index (χ2v) is 3.50. The van der Waals surface area contributed by atoms with Crippen molar-refractivity contribution < 1.29 is 43.7 Å². The predicted molar refractivity (Wildman–Crippen MR) is 75.1 cm³/mol. The summed E-state index contributed by atoms with van der Waals surface area (Å²) in [7, 11) is 0. The average molecular weight is 376 g/mol. The summed E-state index contributed by atoms with van der Waals surface area (Å²) in [6.07, 6.45) is -3.35. The summed E-state index contributed by atoms with van der Waals surface area (Å²) in [6, 6.07) is -3.15. The molecule has 22 heavy (non-hydrogen) atoms. The molecule has 11 nitrogen and oxygen atoms in total. The van der Waals surface area contributed by atoms with Crippen LogP contribution in [0.2, 0.25) is 0 Å². The molecular formula is C9H16Ca2N2O9. The molecule has 0 radical (unpaired) electrons. The van der Waals surface area contributed by atoms with Gasteiger partial charge in [0.05, 0.1) is 12.8 Å². The molecule has 0 saturated heterocycles. The molecule has 0 rings (SSSR count). The first-order valence-electron chi connectivity index (χ1n) is 5.05. The van der Waals surface area contributed by atoms with E-state index in [4.69, 9.17) is 21.7 Å². The molecule has 0 saturated carbocycles. The minimum absolute atomic E-state index is 0. The Kier molecular flexibility index (Phi) is 16.4. The van der Waals surface area contributed by atoms with Crippen LogP contribution in [0, 0.1) is 0 Å². The van der Waals surface area contributed by atoms with E-state index in [2.05, 4.69) is 9.47 Å². The Morgan fingerprint density at radius 3 is 1.27 bits per heavy atom. The van der Waals surface area contributed by atoms with E-state index in [0.717, 1.165) is 0 Å². The predicted octanol–water partition coefficient (Wildman–Crippen LogP) is -4.04. The number of carboxylic acid groups (broad SMARTS) is 2. The third-order valence-corrected chi connectivity index (χ3v) is 1.80. The summed E-state index contributed by atoms with van der Waals surface area (Å²) in [5, 5.41) is 16.8. The Morgan fingerprint density at radius 2 is 1.05 bits per heavy atom. The number of ether oxygens (including phenoxy) is 2. The molecule has 0 spiro atoms. The van der Waals surface area contributed by atoms with Crippen LogP contribution in [0.15, 0.2) is 0 Å². The molecule has 13 heteroatoms. The third kappa shape index (κ3) is 12.5. The number of hydrogen-bond acceptors (Lipinski definition) is 9. The first kappa shape index (κ1) is 26.9. The summed E-state index contributed by atoms with van der Waals surface area (Å²) in [5.41, 5.74) is 9.98. The number of esters is 2. The van der Waals surface area contributed by atoms with Gasteiger partial charge in [0.15, 0.2) is 0 Å². The molecule has 0 amide bonds. The zero-order valence-electron chi connectivity index (χ0n) is 9.98. The van der Waals surface area contributed by atoms with Crippen molar-refractivity contribution in [2.45, 2.75) is 24.9 Å². The van der Waals surface area contributed by atoms with Gasteiger partial charge in [-0.25, -0.2) is 4.79 Å². The van der Waals surface area contributed by atoms with Gasteiger partial charge in [-0.15, -0.1) is 0 Å². The van der Waals surface area contributed by atoms with Gasteiger partial charge in [-0.2, -0.15) is 0 Å². The Balaban J connectivity index is -0.00000180. The minimum atomic E-state index is -1.73. The number of rotatable bonds is 6. The molecule has 6 N–H and O–H groups in total. The van der Waals surface area contributed by atoms with Crippen molar-refractivity contribution in [1.82, 2.24) is 0 Å². The Bertz CT molecular complexity index is 405. The molecule has 0 fully saturated rings. The van der Waals surface area contributed by atoms with Crippen molar-refractivity contribution in [2.24, 2.45) is 11.5 Å². The quantitative estimate of drug-likeness (QED) is 0.200. The van der Waals surface area contributed by atoms with E-state index in [1.807, 2.05) is 0 Å². The Morgan fingerprint density at radius 1 is 0.773 bits per heavy atom. The van der Waals surface area contributed by atoms with Crippen LogP contribution in [0.1, 0.15) is 12.8 Å². The van der Waals surface area contributed by atoms with Gasteiger partial charge in [-0.1, -0.05) is 0 Å². The van der Waals surface area contributed by atoms with E-state index in [1.165, 1.54) is 0 Å². The molecular weight excluding hydrogens is 360 g/mol. The molecule has 2 atom stereocenters. The Hall–Kier alpha value is -0.0105. The van der Waals surface area contributed by atoms with E-state index in [9.17, 15) is 24.0 Å². The van der Waals surface area contributed by atoms with Crippen LogP contribution in [0.25, 0.3) is 0 Å². The second kappa shape index (κ2) is 13.4. The van der Waals surface area contributed by atoms with Crippen LogP contribution in [0.5, 0.6) is 0 Å². The van der Waals surface area contributed by atoms with Crippen LogP contribution in [-0.4, -0.2) is 128 Å². The number of nitrogens with two attached hydrogens (primary N) is 2. The van der Waals surface area contributed by atoms with Gasteiger partial charge in [0, 0.05) is 0 Å². The van der Waals surface area contributed by atoms with Crippen molar-refractivity contribution in [2.75, 3.05) is 0 Å². The van der Waals surface area contributed by atoms with Crippen LogP contribution in [0.4, 0.5) is 4.79 Å². The molecule has 0 aromatic carbocycles. The fraction of sp³-hybridized carbons (Fsp3) is 0.444. The molecule has 0 aliphatic rings. The molecule has 120 valence electrons. The normalized spacial score (nSPS) is 11.7. The summed E-state index contributed by atoms with van der Waals surface area (Å²) in [5.74, 6) is -5.61. The van der Waals surface area contributed by atoms with Crippen LogP contribution >= 0.6 is 0 Å². The van der Waals surface area contributed by atoms with Gasteiger partial charge >= 0.3 is 106 Å². The third-order valence-electron chi connectivity index (χ3n) is 1.80.